The maximum atomic E-state index is 13.4. The van der Waals surface area contributed by atoms with E-state index in [0.717, 1.165) is 16.0 Å². The Labute approximate surface area is 221 Å². The van der Waals surface area contributed by atoms with Gasteiger partial charge in [-0.3, -0.25) is 4.79 Å². The number of rotatable bonds is 9. The van der Waals surface area contributed by atoms with E-state index in [9.17, 15) is 18.4 Å². The van der Waals surface area contributed by atoms with Crippen LogP contribution in [-0.2, 0) is 19.6 Å². The summed E-state index contributed by atoms with van der Waals surface area (Å²) in [5.41, 5.74) is 2.39. The third-order valence-electron chi connectivity index (χ3n) is 5.39. The van der Waals surface area contributed by atoms with Gasteiger partial charge in [-0.25, -0.2) is 18.6 Å². The standard InChI is InChI=1S/C27H24F2N4O2S2/c1-36-23-12-10-22(11-13-23)31-27(35)33(15-19-4-8-21(29)9-5-19)16-25-32-24(17-37-25)26(34)30-14-18-2-6-20(28)7-3-18/h2-13,17H,14-16H2,1H3,(H,30,34)(H,31,35). The van der Waals surface area contributed by atoms with Gasteiger partial charge in [-0.05, 0) is 65.9 Å². The average Bonchev–Trinajstić information content (AvgIpc) is 3.38. The first kappa shape index (κ1) is 26.3. The van der Waals surface area contributed by atoms with Crippen molar-refractivity contribution >= 4 is 40.7 Å². The van der Waals surface area contributed by atoms with Crippen LogP contribution in [-0.4, -0.2) is 28.1 Å². The second kappa shape index (κ2) is 12.5. The summed E-state index contributed by atoms with van der Waals surface area (Å²) in [5, 5.41) is 7.86. The Balaban J connectivity index is 1.44. The van der Waals surface area contributed by atoms with E-state index in [1.165, 1.54) is 35.6 Å². The molecule has 6 nitrogen and oxygen atoms in total. The number of amides is 3. The summed E-state index contributed by atoms with van der Waals surface area (Å²) >= 11 is 2.87. The zero-order chi connectivity index (χ0) is 26.2. The second-order valence-electron chi connectivity index (χ2n) is 8.08. The number of nitrogens with zero attached hydrogens (tertiary/aromatic N) is 2. The van der Waals surface area contributed by atoms with Gasteiger partial charge in [0.25, 0.3) is 5.91 Å². The Morgan fingerprint density at radius 3 is 2.14 bits per heavy atom. The first-order chi connectivity index (χ1) is 17.9. The van der Waals surface area contributed by atoms with Crippen LogP contribution >= 0.6 is 23.1 Å². The largest absolute Gasteiger partial charge is 0.347 e. The molecule has 0 fully saturated rings. The molecule has 0 spiro atoms. The predicted octanol–water partition coefficient (Wildman–Crippen LogP) is 6.31. The molecule has 2 N–H and O–H groups in total. The van der Waals surface area contributed by atoms with Crippen molar-refractivity contribution in [1.29, 1.82) is 0 Å². The number of nitrogens with one attached hydrogen (secondary N) is 2. The molecule has 1 heterocycles. The van der Waals surface area contributed by atoms with Crippen LogP contribution in [0.5, 0.6) is 0 Å². The molecule has 3 aromatic carbocycles. The van der Waals surface area contributed by atoms with Gasteiger partial charge in [-0.2, -0.15) is 0 Å². The van der Waals surface area contributed by atoms with Crippen molar-refractivity contribution < 1.29 is 18.4 Å². The Kier molecular flexibility index (Phi) is 8.86. The zero-order valence-electron chi connectivity index (χ0n) is 19.9. The molecular formula is C27H24F2N4O2S2. The summed E-state index contributed by atoms with van der Waals surface area (Å²) in [6, 6.07) is 19.0. The highest BCUT2D eigenvalue weighted by atomic mass is 32.2. The average molecular weight is 539 g/mol. The molecule has 4 aromatic rings. The van der Waals surface area contributed by atoms with E-state index >= 15 is 0 Å². The highest BCUT2D eigenvalue weighted by Gasteiger charge is 2.19. The third kappa shape index (κ3) is 7.61. The number of urea groups is 1. The number of aromatic nitrogens is 1. The Morgan fingerprint density at radius 2 is 1.51 bits per heavy atom. The molecule has 190 valence electrons. The molecular weight excluding hydrogens is 514 g/mol. The third-order valence-corrected chi connectivity index (χ3v) is 6.97. The fraction of sp³-hybridized carbons (Fsp3) is 0.148. The van der Waals surface area contributed by atoms with Crippen molar-refractivity contribution in [1.82, 2.24) is 15.2 Å². The molecule has 0 saturated heterocycles. The van der Waals surface area contributed by atoms with Crippen LogP contribution in [0, 0.1) is 11.6 Å². The highest BCUT2D eigenvalue weighted by Crippen LogP contribution is 2.20. The van der Waals surface area contributed by atoms with E-state index in [1.54, 1.807) is 46.3 Å². The van der Waals surface area contributed by atoms with Gasteiger partial charge in [-0.1, -0.05) is 24.3 Å². The van der Waals surface area contributed by atoms with Gasteiger partial charge < -0.3 is 15.5 Å². The number of carbonyl (C=O) groups is 2. The maximum Gasteiger partial charge on any atom is 0.322 e. The molecule has 0 aliphatic heterocycles. The summed E-state index contributed by atoms with van der Waals surface area (Å²) < 4.78 is 26.5. The lowest BCUT2D eigenvalue weighted by molar-refractivity contribution is 0.0946. The first-order valence-corrected chi connectivity index (χ1v) is 13.4. The van der Waals surface area contributed by atoms with Gasteiger partial charge in [0, 0.05) is 29.1 Å². The molecule has 0 aliphatic rings. The summed E-state index contributed by atoms with van der Waals surface area (Å²) in [4.78, 5) is 32.8. The minimum Gasteiger partial charge on any atom is -0.347 e. The van der Waals surface area contributed by atoms with Gasteiger partial charge in [-0.15, -0.1) is 23.1 Å². The first-order valence-electron chi connectivity index (χ1n) is 11.3. The normalized spacial score (nSPS) is 10.7. The molecule has 0 atom stereocenters. The summed E-state index contributed by atoms with van der Waals surface area (Å²) in [7, 11) is 0. The summed E-state index contributed by atoms with van der Waals surface area (Å²) in [6.07, 6.45) is 1.98. The monoisotopic (exact) mass is 538 g/mol. The van der Waals surface area contributed by atoms with Gasteiger partial charge >= 0.3 is 6.03 Å². The molecule has 0 unspecified atom stereocenters. The Bertz CT molecular complexity index is 1340. The van der Waals surface area contributed by atoms with Gasteiger partial charge in [0.05, 0.1) is 6.54 Å². The van der Waals surface area contributed by atoms with E-state index in [2.05, 4.69) is 15.6 Å². The number of benzene rings is 3. The molecule has 10 heteroatoms. The SMILES string of the molecule is CSc1ccc(NC(=O)N(Cc2ccc(F)cc2)Cc2nc(C(=O)NCc3ccc(F)cc3)cs2)cc1. The number of anilines is 1. The van der Waals surface area contributed by atoms with Crippen LogP contribution < -0.4 is 10.6 Å². The summed E-state index contributed by atoms with van der Waals surface area (Å²) in [5.74, 6) is -1.06. The summed E-state index contributed by atoms with van der Waals surface area (Å²) in [6.45, 7) is 0.614. The molecule has 0 saturated carbocycles. The van der Waals surface area contributed by atoms with Crippen molar-refractivity contribution in [3.05, 3.63) is 112 Å². The van der Waals surface area contributed by atoms with Crippen molar-refractivity contribution in [3.63, 3.8) is 0 Å². The van der Waals surface area contributed by atoms with Crippen LogP contribution in [0.3, 0.4) is 0 Å². The van der Waals surface area contributed by atoms with E-state index in [-0.39, 0.29) is 48.9 Å². The lowest BCUT2D eigenvalue weighted by Gasteiger charge is -2.22. The van der Waals surface area contributed by atoms with Crippen LogP contribution in [0.2, 0.25) is 0 Å². The lowest BCUT2D eigenvalue weighted by atomic mass is 10.2. The molecule has 37 heavy (non-hydrogen) atoms. The van der Waals surface area contributed by atoms with Gasteiger partial charge in [0.15, 0.2) is 0 Å². The van der Waals surface area contributed by atoms with Crippen molar-refractivity contribution in [2.45, 2.75) is 24.5 Å². The van der Waals surface area contributed by atoms with Crippen molar-refractivity contribution in [3.8, 4) is 0 Å². The number of thioether (sulfide) groups is 1. The Morgan fingerprint density at radius 1 is 0.892 bits per heavy atom. The quantitative estimate of drug-likeness (QED) is 0.245. The smallest absolute Gasteiger partial charge is 0.322 e. The number of hydrogen-bond donors (Lipinski definition) is 2. The molecule has 4 rings (SSSR count). The van der Waals surface area contributed by atoms with Crippen molar-refractivity contribution in [2.75, 3.05) is 11.6 Å². The number of hydrogen-bond acceptors (Lipinski definition) is 5. The van der Waals surface area contributed by atoms with E-state index in [1.807, 2.05) is 30.5 Å². The predicted molar refractivity (Wildman–Crippen MR) is 143 cm³/mol. The topological polar surface area (TPSA) is 74.3 Å². The lowest BCUT2D eigenvalue weighted by Crippen LogP contribution is -2.34. The van der Waals surface area contributed by atoms with Crippen LogP contribution in [0.1, 0.15) is 26.6 Å². The minimum absolute atomic E-state index is 0.155. The number of halogens is 2. The number of carbonyl (C=O) groups excluding carboxylic acids is 2. The van der Waals surface area contributed by atoms with E-state index < -0.39 is 0 Å². The minimum atomic E-state index is -0.366. The fourth-order valence-corrected chi connectivity index (χ4v) is 4.61. The van der Waals surface area contributed by atoms with Crippen molar-refractivity contribution in [2.24, 2.45) is 0 Å². The fourth-order valence-electron chi connectivity index (χ4n) is 3.41. The van der Waals surface area contributed by atoms with E-state index in [4.69, 9.17) is 0 Å². The second-order valence-corrected chi connectivity index (χ2v) is 9.90. The Hall–Kier alpha value is -3.76. The van der Waals surface area contributed by atoms with Gasteiger partial charge in [0.2, 0.25) is 0 Å². The molecule has 0 aliphatic carbocycles. The molecule has 1 aromatic heterocycles. The highest BCUT2D eigenvalue weighted by molar-refractivity contribution is 7.98. The van der Waals surface area contributed by atoms with E-state index in [0.29, 0.717) is 10.7 Å². The maximum absolute atomic E-state index is 13.4. The molecule has 0 radical (unpaired) electrons. The van der Waals surface area contributed by atoms with Crippen LogP contribution in [0.15, 0.2) is 83.1 Å². The zero-order valence-corrected chi connectivity index (χ0v) is 21.5. The number of thiazole rings is 1. The van der Waals surface area contributed by atoms with Crippen LogP contribution in [0.4, 0.5) is 19.3 Å². The van der Waals surface area contributed by atoms with Gasteiger partial charge in [0.1, 0.15) is 22.3 Å². The van der Waals surface area contributed by atoms with Crippen LogP contribution in [0.25, 0.3) is 0 Å². The molecule has 0 bridgehead atoms. The molecule has 3 amide bonds.